The van der Waals surface area contributed by atoms with Crippen LogP contribution < -0.4 is 11.1 Å². The molecule has 1 rings (SSSR count). The summed E-state index contributed by atoms with van der Waals surface area (Å²) >= 11 is 0. The molecular formula is C14H22N2O2. The normalized spacial score (nSPS) is 12.4. The number of carbonyl (C=O) groups excluding carboxylic acids is 1. The van der Waals surface area contributed by atoms with Crippen LogP contribution in [0.2, 0.25) is 0 Å². The summed E-state index contributed by atoms with van der Waals surface area (Å²) in [6.07, 6.45) is 0.797. The molecule has 18 heavy (non-hydrogen) atoms. The number of rotatable bonds is 7. The van der Waals surface area contributed by atoms with E-state index in [2.05, 4.69) is 5.32 Å². The summed E-state index contributed by atoms with van der Waals surface area (Å²) in [6, 6.07) is 9.93. The summed E-state index contributed by atoms with van der Waals surface area (Å²) in [4.78, 5) is 11.6. The van der Waals surface area contributed by atoms with Gasteiger partial charge in [-0.1, -0.05) is 30.3 Å². The van der Waals surface area contributed by atoms with Crippen LogP contribution in [0.3, 0.4) is 0 Å². The number of carbonyl (C=O) groups is 1. The molecule has 100 valence electrons. The topological polar surface area (TPSA) is 64.3 Å². The van der Waals surface area contributed by atoms with Gasteiger partial charge in [0.15, 0.2) is 0 Å². The zero-order valence-corrected chi connectivity index (χ0v) is 11.1. The molecule has 0 fully saturated rings. The fraction of sp³-hybridized carbons (Fsp3) is 0.500. The molecule has 0 aliphatic rings. The minimum atomic E-state index is -0.116. The largest absolute Gasteiger partial charge is 0.369 e. The van der Waals surface area contributed by atoms with E-state index in [1.54, 1.807) is 0 Å². The van der Waals surface area contributed by atoms with Gasteiger partial charge in [0.25, 0.3) is 0 Å². The second kappa shape index (κ2) is 7.84. The van der Waals surface area contributed by atoms with Gasteiger partial charge in [-0.3, -0.25) is 4.79 Å². The molecule has 0 saturated carbocycles. The summed E-state index contributed by atoms with van der Waals surface area (Å²) in [5, 5.41) is 2.88. The molecule has 3 N–H and O–H groups in total. The van der Waals surface area contributed by atoms with Crippen LogP contribution in [0.1, 0.15) is 19.4 Å². The molecule has 0 aromatic heterocycles. The predicted octanol–water partition coefficient (Wildman–Crippen LogP) is 1.10. The minimum absolute atomic E-state index is 0.0457. The predicted molar refractivity (Wildman–Crippen MR) is 72.2 cm³/mol. The maximum absolute atomic E-state index is 11.6. The maximum Gasteiger partial charge on any atom is 0.246 e. The smallest absolute Gasteiger partial charge is 0.246 e. The summed E-state index contributed by atoms with van der Waals surface area (Å²) < 4.78 is 5.25. The average Bonchev–Trinajstić information content (AvgIpc) is 2.37. The van der Waals surface area contributed by atoms with E-state index >= 15 is 0 Å². The summed E-state index contributed by atoms with van der Waals surface area (Å²) in [6.45, 7) is 4.31. The van der Waals surface area contributed by atoms with E-state index < -0.39 is 0 Å². The van der Waals surface area contributed by atoms with Crippen molar-refractivity contribution in [3.8, 4) is 0 Å². The highest BCUT2D eigenvalue weighted by Gasteiger charge is 2.11. The van der Waals surface area contributed by atoms with E-state index in [9.17, 15) is 4.79 Å². The minimum Gasteiger partial charge on any atom is -0.369 e. The number of hydrogen-bond donors (Lipinski definition) is 2. The second-order valence-electron chi connectivity index (χ2n) is 4.55. The van der Waals surface area contributed by atoms with Gasteiger partial charge in [0.1, 0.15) is 6.61 Å². The average molecular weight is 250 g/mol. The summed E-state index contributed by atoms with van der Waals surface area (Å²) in [5.74, 6) is -0.116. The highest BCUT2D eigenvalue weighted by atomic mass is 16.5. The molecular weight excluding hydrogens is 228 g/mol. The first-order valence-corrected chi connectivity index (χ1v) is 6.26. The van der Waals surface area contributed by atoms with Crippen molar-refractivity contribution >= 4 is 5.91 Å². The van der Waals surface area contributed by atoms with E-state index in [1.165, 1.54) is 0 Å². The molecule has 4 heteroatoms. The molecule has 4 nitrogen and oxygen atoms in total. The van der Waals surface area contributed by atoms with Gasteiger partial charge in [-0.2, -0.15) is 0 Å². The third-order valence-corrected chi connectivity index (χ3v) is 2.52. The fourth-order valence-electron chi connectivity index (χ4n) is 1.60. The molecule has 0 aliphatic heterocycles. The van der Waals surface area contributed by atoms with Crippen LogP contribution in [-0.2, 0) is 16.0 Å². The van der Waals surface area contributed by atoms with Gasteiger partial charge in [0.05, 0.1) is 6.10 Å². The molecule has 1 atom stereocenters. The van der Waals surface area contributed by atoms with Gasteiger partial charge in [-0.25, -0.2) is 0 Å². The van der Waals surface area contributed by atoms with Crippen LogP contribution in [-0.4, -0.2) is 31.2 Å². The van der Waals surface area contributed by atoms with Crippen molar-refractivity contribution in [3.63, 3.8) is 0 Å². The molecule has 0 bridgehead atoms. The zero-order valence-electron chi connectivity index (χ0n) is 11.1. The first-order chi connectivity index (χ1) is 8.61. The van der Waals surface area contributed by atoms with Gasteiger partial charge in [0.2, 0.25) is 5.91 Å². The number of amides is 1. The van der Waals surface area contributed by atoms with Crippen LogP contribution in [0, 0.1) is 0 Å². The molecule has 1 unspecified atom stereocenters. The lowest BCUT2D eigenvalue weighted by atomic mass is 10.1. The van der Waals surface area contributed by atoms with Crippen molar-refractivity contribution in [2.45, 2.75) is 32.4 Å². The van der Waals surface area contributed by atoms with Crippen LogP contribution in [0.25, 0.3) is 0 Å². The summed E-state index contributed by atoms with van der Waals surface area (Å²) in [7, 11) is 0. The van der Waals surface area contributed by atoms with Crippen LogP contribution in [0.15, 0.2) is 30.3 Å². The number of hydrogen-bond acceptors (Lipinski definition) is 3. The van der Waals surface area contributed by atoms with Crippen LogP contribution in [0.4, 0.5) is 0 Å². The van der Waals surface area contributed by atoms with Crippen LogP contribution in [0.5, 0.6) is 0 Å². The van der Waals surface area contributed by atoms with E-state index in [1.807, 2.05) is 44.2 Å². The fourth-order valence-corrected chi connectivity index (χ4v) is 1.60. The Balaban J connectivity index is 2.40. The van der Waals surface area contributed by atoms with Crippen molar-refractivity contribution < 1.29 is 9.53 Å². The quantitative estimate of drug-likeness (QED) is 0.761. The number of benzene rings is 1. The SMILES string of the molecule is CC(C)OCC(=O)NC(CN)Cc1ccccc1. The molecule has 1 aromatic carbocycles. The Kier molecular flexibility index (Phi) is 6.39. The lowest BCUT2D eigenvalue weighted by molar-refractivity contribution is -0.127. The Bertz CT molecular complexity index is 352. The van der Waals surface area contributed by atoms with Crippen molar-refractivity contribution in [2.75, 3.05) is 13.2 Å². The van der Waals surface area contributed by atoms with Crippen molar-refractivity contribution in [1.29, 1.82) is 0 Å². The molecule has 0 saturated heterocycles. The zero-order chi connectivity index (χ0) is 13.4. The Morgan fingerprint density at radius 2 is 2.00 bits per heavy atom. The highest BCUT2D eigenvalue weighted by Crippen LogP contribution is 2.02. The van der Waals surface area contributed by atoms with Gasteiger partial charge in [-0.05, 0) is 25.8 Å². The Morgan fingerprint density at radius 1 is 1.33 bits per heavy atom. The molecule has 0 radical (unpaired) electrons. The molecule has 0 aliphatic carbocycles. The maximum atomic E-state index is 11.6. The second-order valence-corrected chi connectivity index (χ2v) is 4.55. The molecule has 1 amide bonds. The monoisotopic (exact) mass is 250 g/mol. The molecule has 0 spiro atoms. The number of ether oxygens (including phenoxy) is 1. The van der Waals surface area contributed by atoms with Crippen molar-refractivity contribution in [3.05, 3.63) is 35.9 Å². The van der Waals surface area contributed by atoms with Crippen molar-refractivity contribution in [1.82, 2.24) is 5.32 Å². The molecule has 0 heterocycles. The van der Waals surface area contributed by atoms with E-state index in [-0.39, 0.29) is 24.7 Å². The number of nitrogens with two attached hydrogens (primary N) is 1. The lowest BCUT2D eigenvalue weighted by Gasteiger charge is -2.17. The van der Waals surface area contributed by atoms with Crippen LogP contribution >= 0.6 is 0 Å². The number of nitrogens with one attached hydrogen (secondary N) is 1. The Morgan fingerprint density at radius 3 is 2.56 bits per heavy atom. The van der Waals surface area contributed by atoms with E-state index in [0.717, 1.165) is 12.0 Å². The standard InChI is InChI=1S/C14H22N2O2/c1-11(2)18-10-14(17)16-13(9-15)8-12-6-4-3-5-7-12/h3-7,11,13H,8-10,15H2,1-2H3,(H,16,17). The first-order valence-electron chi connectivity index (χ1n) is 6.26. The van der Waals surface area contributed by atoms with Gasteiger partial charge < -0.3 is 15.8 Å². The van der Waals surface area contributed by atoms with E-state index in [0.29, 0.717) is 6.54 Å². The van der Waals surface area contributed by atoms with Gasteiger partial charge in [-0.15, -0.1) is 0 Å². The Hall–Kier alpha value is -1.39. The van der Waals surface area contributed by atoms with E-state index in [4.69, 9.17) is 10.5 Å². The highest BCUT2D eigenvalue weighted by molar-refractivity contribution is 5.77. The van der Waals surface area contributed by atoms with Crippen molar-refractivity contribution in [2.24, 2.45) is 5.73 Å². The Labute approximate surface area is 109 Å². The third kappa shape index (κ3) is 5.80. The first kappa shape index (κ1) is 14.7. The summed E-state index contributed by atoms with van der Waals surface area (Å²) in [5.41, 5.74) is 6.83. The third-order valence-electron chi connectivity index (χ3n) is 2.52. The van der Waals surface area contributed by atoms with Gasteiger partial charge in [0, 0.05) is 12.6 Å². The molecule has 1 aromatic rings. The lowest BCUT2D eigenvalue weighted by Crippen LogP contribution is -2.43. The van der Waals surface area contributed by atoms with Gasteiger partial charge >= 0.3 is 0 Å².